The molecule has 0 aliphatic rings. The number of nitrogens with zero attached hydrogens (tertiary/aromatic N) is 4. The van der Waals surface area contributed by atoms with Gasteiger partial charge >= 0.3 is 0 Å². The summed E-state index contributed by atoms with van der Waals surface area (Å²) in [7, 11) is 1.92. The highest BCUT2D eigenvalue weighted by atomic mass is 79.9. The molecule has 86 valence electrons. The summed E-state index contributed by atoms with van der Waals surface area (Å²) in [6.07, 6.45) is 3.60. The van der Waals surface area contributed by atoms with E-state index in [2.05, 4.69) is 42.9 Å². The molecule has 0 bridgehead atoms. The summed E-state index contributed by atoms with van der Waals surface area (Å²) >= 11 is 4.92. The molecule has 0 fully saturated rings. The van der Waals surface area contributed by atoms with Gasteiger partial charge in [-0.25, -0.2) is 0 Å². The first-order chi connectivity index (χ1) is 7.77. The fraction of sp³-hybridized carbons (Fsp3) is 0.444. The molecular formula is C9H12BrN5S. The summed E-state index contributed by atoms with van der Waals surface area (Å²) in [5, 5.41) is 11.4. The molecule has 7 heteroatoms. The predicted molar refractivity (Wildman–Crippen MR) is 66.4 cm³/mol. The van der Waals surface area contributed by atoms with E-state index in [1.165, 1.54) is 11.5 Å². The fourth-order valence-corrected chi connectivity index (χ4v) is 2.77. The Labute approximate surface area is 106 Å². The molecule has 0 aliphatic heterocycles. The Balaban J connectivity index is 2.44. The van der Waals surface area contributed by atoms with Crippen molar-refractivity contribution in [2.75, 3.05) is 7.05 Å². The molecule has 5 nitrogen and oxygen atoms in total. The van der Waals surface area contributed by atoms with E-state index in [1.807, 2.05) is 17.9 Å². The quantitative estimate of drug-likeness (QED) is 0.936. The largest absolute Gasteiger partial charge is 0.307 e. The third-order valence-corrected chi connectivity index (χ3v) is 3.70. The van der Waals surface area contributed by atoms with E-state index < -0.39 is 0 Å². The average molecular weight is 302 g/mol. The molecule has 0 aliphatic carbocycles. The summed E-state index contributed by atoms with van der Waals surface area (Å²) in [6, 6.07) is 0.0804. The van der Waals surface area contributed by atoms with E-state index in [9.17, 15) is 0 Å². The molecule has 0 radical (unpaired) electrons. The first-order valence-electron chi connectivity index (χ1n) is 4.93. The van der Waals surface area contributed by atoms with Crippen LogP contribution in [-0.4, -0.2) is 26.4 Å². The van der Waals surface area contributed by atoms with Gasteiger partial charge in [0.1, 0.15) is 0 Å². The summed E-state index contributed by atoms with van der Waals surface area (Å²) in [4.78, 5) is 1.08. The minimum atomic E-state index is 0.0804. The van der Waals surface area contributed by atoms with Gasteiger partial charge in [0.2, 0.25) is 0 Å². The summed E-state index contributed by atoms with van der Waals surface area (Å²) in [5.41, 5.74) is 1.11. The topological polar surface area (TPSA) is 55.6 Å². The summed E-state index contributed by atoms with van der Waals surface area (Å²) in [6.45, 7) is 2.91. The highest BCUT2D eigenvalue weighted by molar-refractivity contribution is 9.10. The maximum Gasteiger partial charge on any atom is 0.0883 e. The van der Waals surface area contributed by atoms with Crippen molar-refractivity contribution < 1.29 is 0 Å². The lowest BCUT2D eigenvalue weighted by molar-refractivity contribution is 0.565. The number of halogens is 1. The fourth-order valence-electron chi connectivity index (χ4n) is 1.63. The van der Waals surface area contributed by atoms with Crippen molar-refractivity contribution in [3.63, 3.8) is 0 Å². The van der Waals surface area contributed by atoms with Crippen molar-refractivity contribution in [2.45, 2.75) is 19.5 Å². The minimum absolute atomic E-state index is 0.0804. The van der Waals surface area contributed by atoms with E-state index in [1.54, 1.807) is 6.20 Å². The molecule has 0 spiro atoms. The third kappa shape index (κ3) is 2.02. The lowest BCUT2D eigenvalue weighted by Crippen LogP contribution is -2.21. The summed E-state index contributed by atoms with van der Waals surface area (Å²) < 4.78 is 6.86. The molecular weight excluding hydrogens is 290 g/mol. The molecule has 1 atom stereocenters. The number of aryl methyl sites for hydroxylation is 1. The van der Waals surface area contributed by atoms with Crippen LogP contribution in [0.25, 0.3) is 0 Å². The second kappa shape index (κ2) is 5.03. The van der Waals surface area contributed by atoms with Crippen LogP contribution in [0, 0.1) is 0 Å². The molecule has 0 saturated carbocycles. The van der Waals surface area contributed by atoms with Gasteiger partial charge in [0.15, 0.2) is 0 Å². The van der Waals surface area contributed by atoms with Crippen molar-refractivity contribution in [3.8, 4) is 0 Å². The highest BCUT2D eigenvalue weighted by Crippen LogP contribution is 2.29. The third-order valence-electron chi connectivity index (χ3n) is 2.36. The monoisotopic (exact) mass is 301 g/mol. The zero-order valence-electron chi connectivity index (χ0n) is 9.01. The first-order valence-corrected chi connectivity index (χ1v) is 6.50. The van der Waals surface area contributed by atoms with Crippen LogP contribution in [0.5, 0.6) is 0 Å². The lowest BCUT2D eigenvalue weighted by Gasteiger charge is -2.15. The van der Waals surface area contributed by atoms with Gasteiger partial charge < -0.3 is 5.32 Å². The zero-order valence-corrected chi connectivity index (χ0v) is 11.4. The predicted octanol–water partition coefficient (Wildman–Crippen LogP) is 1.83. The van der Waals surface area contributed by atoms with Crippen molar-refractivity contribution >= 4 is 27.5 Å². The van der Waals surface area contributed by atoms with Gasteiger partial charge in [0.05, 0.1) is 33.5 Å². The van der Waals surface area contributed by atoms with Crippen LogP contribution < -0.4 is 5.32 Å². The Morgan fingerprint density at radius 3 is 2.94 bits per heavy atom. The maximum absolute atomic E-state index is 4.31. The molecule has 0 saturated heterocycles. The number of hydrogen-bond donors (Lipinski definition) is 1. The zero-order chi connectivity index (χ0) is 11.5. The Morgan fingerprint density at radius 1 is 1.56 bits per heavy atom. The highest BCUT2D eigenvalue weighted by Gasteiger charge is 2.21. The second-order valence-corrected chi connectivity index (χ2v) is 4.91. The Kier molecular flexibility index (Phi) is 3.67. The molecule has 2 aromatic heterocycles. The Hall–Kier alpha value is -0.790. The van der Waals surface area contributed by atoms with Crippen molar-refractivity contribution in [3.05, 3.63) is 27.4 Å². The molecule has 1 unspecified atom stereocenters. The Bertz CT molecular complexity index is 452. The van der Waals surface area contributed by atoms with E-state index in [0.29, 0.717) is 0 Å². The van der Waals surface area contributed by atoms with E-state index >= 15 is 0 Å². The molecule has 2 rings (SSSR count). The molecule has 2 heterocycles. The molecule has 0 amide bonds. The van der Waals surface area contributed by atoms with Crippen LogP contribution in [0.4, 0.5) is 0 Å². The average Bonchev–Trinajstić information content (AvgIpc) is 2.91. The smallest absolute Gasteiger partial charge is 0.0883 e. The van der Waals surface area contributed by atoms with Crippen LogP contribution in [-0.2, 0) is 6.54 Å². The Morgan fingerprint density at radius 2 is 2.38 bits per heavy atom. The summed E-state index contributed by atoms with van der Waals surface area (Å²) in [5.74, 6) is 0. The van der Waals surface area contributed by atoms with Crippen LogP contribution in [0.1, 0.15) is 23.5 Å². The van der Waals surface area contributed by atoms with E-state index in [-0.39, 0.29) is 6.04 Å². The standard InChI is InChI=1S/C9H12BrN5S/c1-3-15-9(6(10)4-13-15)8(11-2)7-5-12-14-16-7/h4-5,8,11H,3H2,1-2H3. The van der Waals surface area contributed by atoms with Crippen LogP contribution in [0.3, 0.4) is 0 Å². The normalized spacial score (nSPS) is 12.9. The van der Waals surface area contributed by atoms with Crippen molar-refractivity contribution in [1.82, 2.24) is 24.7 Å². The van der Waals surface area contributed by atoms with Gasteiger partial charge in [-0.1, -0.05) is 4.49 Å². The maximum atomic E-state index is 4.31. The molecule has 2 aromatic rings. The number of rotatable bonds is 4. The number of aromatic nitrogens is 4. The van der Waals surface area contributed by atoms with Crippen molar-refractivity contribution in [2.24, 2.45) is 0 Å². The van der Waals surface area contributed by atoms with Gasteiger partial charge in [-0.2, -0.15) is 5.10 Å². The van der Waals surface area contributed by atoms with E-state index in [0.717, 1.165) is 21.6 Å². The van der Waals surface area contributed by atoms with Crippen LogP contribution in [0.2, 0.25) is 0 Å². The van der Waals surface area contributed by atoms with Crippen LogP contribution >= 0.6 is 27.5 Å². The first kappa shape index (κ1) is 11.7. The minimum Gasteiger partial charge on any atom is -0.307 e. The van der Waals surface area contributed by atoms with Gasteiger partial charge in [0.25, 0.3) is 0 Å². The lowest BCUT2D eigenvalue weighted by atomic mass is 10.2. The van der Waals surface area contributed by atoms with E-state index in [4.69, 9.17) is 0 Å². The van der Waals surface area contributed by atoms with Gasteiger partial charge in [-0.05, 0) is 41.4 Å². The SMILES string of the molecule is CCn1ncc(Br)c1C(NC)c1cnns1. The van der Waals surface area contributed by atoms with Gasteiger partial charge in [-0.15, -0.1) is 5.10 Å². The molecule has 1 N–H and O–H groups in total. The number of hydrogen-bond acceptors (Lipinski definition) is 5. The van der Waals surface area contributed by atoms with Gasteiger partial charge in [-0.3, -0.25) is 4.68 Å². The van der Waals surface area contributed by atoms with Crippen LogP contribution in [0.15, 0.2) is 16.9 Å². The second-order valence-electron chi connectivity index (χ2n) is 3.24. The molecule has 16 heavy (non-hydrogen) atoms. The van der Waals surface area contributed by atoms with Crippen molar-refractivity contribution in [1.29, 1.82) is 0 Å². The number of nitrogens with one attached hydrogen (secondary N) is 1. The van der Waals surface area contributed by atoms with Gasteiger partial charge in [0, 0.05) is 6.54 Å². The molecule has 0 aromatic carbocycles.